The molecule has 1 N–H and O–H groups in total. The van der Waals surface area contributed by atoms with Gasteiger partial charge in [-0.05, 0) is 44.9 Å². The normalized spacial score (nSPS) is 27.1. The second-order valence-electron chi connectivity index (χ2n) is 6.12. The summed E-state index contributed by atoms with van der Waals surface area (Å²) >= 11 is 0. The number of carbonyl (C=O) groups excluding carboxylic acids is 1. The zero-order valence-electron chi connectivity index (χ0n) is 12.2. The summed E-state index contributed by atoms with van der Waals surface area (Å²) < 4.78 is 5.45. The second kappa shape index (κ2) is 6.00. The van der Waals surface area contributed by atoms with E-state index < -0.39 is 0 Å². The van der Waals surface area contributed by atoms with E-state index in [1.807, 2.05) is 12.1 Å². The van der Waals surface area contributed by atoms with Gasteiger partial charge in [0.05, 0.1) is 18.7 Å². The van der Waals surface area contributed by atoms with E-state index in [0.29, 0.717) is 24.5 Å². The van der Waals surface area contributed by atoms with E-state index in [-0.39, 0.29) is 5.92 Å². The molecule has 1 saturated carbocycles. The predicted molar refractivity (Wildman–Crippen MR) is 77.1 cm³/mol. The van der Waals surface area contributed by atoms with E-state index in [4.69, 9.17) is 4.42 Å². The highest BCUT2D eigenvalue weighted by atomic mass is 16.3. The second-order valence-corrected chi connectivity index (χ2v) is 6.12. The number of nitrogens with zero attached hydrogens (tertiary/aromatic N) is 1. The standard InChI is InChI=1S/C16H24N2O2/c1-12-15(8-9-17-12)16(19)18(13-5-2-3-6-13)11-14-7-4-10-20-14/h4,7,10,12-13,15,17H,2-3,5-6,8-9,11H2,1H3. The van der Waals surface area contributed by atoms with Crippen molar-refractivity contribution in [1.82, 2.24) is 10.2 Å². The molecular weight excluding hydrogens is 252 g/mol. The number of carbonyl (C=O) groups is 1. The van der Waals surface area contributed by atoms with Crippen LogP contribution in [0.25, 0.3) is 0 Å². The Morgan fingerprint density at radius 2 is 2.20 bits per heavy atom. The summed E-state index contributed by atoms with van der Waals surface area (Å²) in [6, 6.07) is 4.56. The van der Waals surface area contributed by atoms with Gasteiger partial charge in [0.25, 0.3) is 0 Å². The van der Waals surface area contributed by atoms with Gasteiger partial charge in [-0.1, -0.05) is 12.8 Å². The molecule has 4 heteroatoms. The van der Waals surface area contributed by atoms with Crippen molar-refractivity contribution < 1.29 is 9.21 Å². The fraction of sp³-hybridized carbons (Fsp3) is 0.688. The number of hydrogen-bond donors (Lipinski definition) is 1. The maximum absolute atomic E-state index is 12.9. The monoisotopic (exact) mass is 276 g/mol. The zero-order valence-corrected chi connectivity index (χ0v) is 12.2. The van der Waals surface area contributed by atoms with E-state index in [9.17, 15) is 4.79 Å². The topological polar surface area (TPSA) is 45.5 Å². The van der Waals surface area contributed by atoms with E-state index in [1.54, 1.807) is 6.26 Å². The largest absolute Gasteiger partial charge is 0.467 e. The van der Waals surface area contributed by atoms with Crippen molar-refractivity contribution in [1.29, 1.82) is 0 Å². The van der Waals surface area contributed by atoms with E-state index in [1.165, 1.54) is 12.8 Å². The van der Waals surface area contributed by atoms with E-state index >= 15 is 0 Å². The van der Waals surface area contributed by atoms with Crippen LogP contribution in [-0.4, -0.2) is 29.4 Å². The number of amides is 1. The lowest BCUT2D eigenvalue weighted by molar-refractivity contribution is -0.139. The SMILES string of the molecule is CC1NCCC1C(=O)N(Cc1ccco1)C1CCCC1. The molecule has 1 aromatic rings. The minimum Gasteiger partial charge on any atom is -0.467 e. The van der Waals surface area contributed by atoms with Crippen LogP contribution in [0.1, 0.15) is 44.8 Å². The van der Waals surface area contributed by atoms with Gasteiger partial charge in [0.2, 0.25) is 5.91 Å². The van der Waals surface area contributed by atoms with Crippen molar-refractivity contribution in [2.24, 2.45) is 5.92 Å². The highest BCUT2D eigenvalue weighted by Gasteiger charge is 2.36. The molecule has 0 radical (unpaired) electrons. The Morgan fingerprint density at radius 1 is 1.40 bits per heavy atom. The Labute approximate surface area is 120 Å². The Balaban J connectivity index is 1.75. The molecule has 1 aromatic heterocycles. The van der Waals surface area contributed by atoms with Crippen LogP contribution in [0.3, 0.4) is 0 Å². The number of furan rings is 1. The van der Waals surface area contributed by atoms with Gasteiger partial charge < -0.3 is 14.6 Å². The van der Waals surface area contributed by atoms with E-state index in [0.717, 1.165) is 31.6 Å². The van der Waals surface area contributed by atoms with Crippen molar-refractivity contribution in [3.8, 4) is 0 Å². The first kappa shape index (κ1) is 13.7. The first-order valence-corrected chi connectivity index (χ1v) is 7.82. The summed E-state index contributed by atoms with van der Waals surface area (Å²) in [6.07, 6.45) is 7.41. The Hall–Kier alpha value is -1.29. The van der Waals surface area contributed by atoms with Crippen molar-refractivity contribution in [3.63, 3.8) is 0 Å². The predicted octanol–water partition coefficient (Wildman–Crippen LogP) is 2.55. The average molecular weight is 276 g/mol. The van der Waals surface area contributed by atoms with Crippen LogP contribution in [0.5, 0.6) is 0 Å². The lowest BCUT2D eigenvalue weighted by Crippen LogP contribution is -2.44. The summed E-state index contributed by atoms with van der Waals surface area (Å²) in [5.74, 6) is 1.33. The van der Waals surface area contributed by atoms with Crippen molar-refractivity contribution in [2.45, 2.75) is 57.7 Å². The highest BCUT2D eigenvalue weighted by Crippen LogP contribution is 2.28. The maximum atomic E-state index is 12.9. The minimum atomic E-state index is 0.130. The summed E-state index contributed by atoms with van der Waals surface area (Å²) in [7, 11) is 0. The molecule has 1 amide bonds. The molecule has 1 saturated heterocycles. The number of hydrogen-bond acceptors (Lipinski definition) is 3. The van der Waals surface area contributed by atoms with Crippen LogP contribution >= 0.6 is 0 Å². The van der Waals surface area contributed by atoms with Crippen LogP contribution in [-0.2, 0) is 11.3 Å². The van der Waals surface area contributed by atoms with Gasteiger partial charge >= 0.3 is 0 Å². The van der Waals surface area contributed by atoms with Crippen LogP contribution in [0, 0.1) is 5.92 Å². The van der Waals surface area contributed by atoms with Crippen LogP contribution in [0.4, 0.5) is 0 Å². The molecule has 2 fully saturated rings. The van der Waals surface area contributed by atoms with Gasteiger partial charge in [0, 0.05) is 12.1 Å². The smallest absolute Gasteiger partial charge is 0.227 e. The maximum Gasteiger partial charge on any atom is 0.227 e. The fourth-order valence-corrected chi connectivity index (χ4v) is 3.58. The highest BCUT2D eigenvalue weighted by molar-refractivity contribution is 5.80. The summed E-state index contributed by atoms with van der Waals surface area (Å²) in [5.41, 5.74) is 0. The third kappa shape index (κ3) is 2.75. The fourth-order valence-electron chi connectivity index (χ4n) is 3.58. The van der Waals surface area contributed by atoms with Crippen molar-refractivity contribution in [3.05, 3.63) is 24.2 Å². The van der Waals surface area contributed by atoms with Gasteiger partial charge in [0.1, 0.15) is 5.76 Å². The molecule has 3 rings (SSSR count). The molecule has 4 nitrogen and oxygen atoms in total. The van der Waals surface area contributed by atoms with E-state index in [2.05, 4.69) is 17.1 Å². The summed E-state index contributed by atoms with van der Waals surface area (Å²) in [6.45, 7) is 3.70. The minimum absolute atomic E-state index is 0.130. The summed E-state index contributed by atoms with van der Waals surface area (Å²) in [4.78, 5) is 15.0. The van der Waals surface area contributed by atoms with Crippen LogP contribution in [0.15, 0.2) is 22.8 Å². The first-order chi connectivity index (χ1) is 9.75. The van der Waals surface area contributed by atoms with Gasteiger partial charge in [-0.3, -0.25) is 4.79 Å². The van der Waals surface area contributed by atoms with Crippen LogP contribution in [0.2, 0.25) is 0 Å². The molecule has 2 unspecified atom stereocenters. The third-order valence-corrected chi connectivity index (χ3v) is 4.80. The molecule has 2 heterocycles. The Morgan fingerprint density at radius 3 is 2.80 bits per heavy atom. The average Bonchev–Trinajstić information content (AvgIpc) is 3.17. The molecule has 2 aliphatic rings. The molecule has 110 valence electrons. The molecule has 2 atom stereocenters. The molecule has 0 spiro atoms. The van der Waals surface area contributed by atoms with Gasteiger partial charge in [-0.15, -0.1) is 0 Å². The lowest BCUT2D eigenvalue weighted by atomic mass is 9.99. The van der Waals surface area contributed by atoms with Gasteiger partial charge in [-0.25, -0.2) is 0 Å². The zero-order chi connectivity index (χ0) is 13.9. The van der Waals surface area contributed by atoms with Crippen molar-refractivity contribution in [2.75, 3.05) is 6.54 Å². The molecule has 20 heavy (non-hydrogen) atoms. The molecule has 1 aliphatic carbocycles. The molecule has 0 aromatic carbocycles. The number of nitrogens with one attached hydrogen (secondary N) is 1. The Bertz CT molecular complexity index is 437. The Kier molecular flexibility index (Phi) is 4.10. The molecule has 1 aliphatic heterocycles. The summed E-state index contributed by atoms with van der Waals surface area (Å²) in [5, 5.41) is 3.38. The number of rotatable bonds is 4. The quantitative estimate of drug-likeness (QED) is 0.919. The van der Waals surface area contributed by atoms with Crippen molar-refractivity contribution >= 4 is 5.91 Å². The third-order valence-electron chi connectivity index (χ3n) is 4.80. The van der Waals surface area contributed by atoms with Gasteiger partial charge in [-0.2, -0.15) is 0 Å². The lowest BCUT2D eigenvalue weighted by Gasteiger charge is -2.31. The van der Waals surface area contributed by atoms with Crippen LogP contribution < -0.4 is 5.32 Å². The molecule has 0 bridgehead atoms. The molecular formula is C16H24N2O2. The first-order valence-electron chi connectivity index (χ1n) is 7.82. The van der Waals surface area contributed by atoms with Gasteiger partial charge in [0.15, 0.2) is 0 Å².